The third-order valence-electron chi connectivity index (χ3n) is 7.86. The van der Waals surface area contributed by atoms with Crippen LogP contribution in [0.2, 0.25) is 0 Å². The average Bonchev–Trinajstić information content (AvgIpc) is 3.48. The Morgan fingerprint density at radius 2 is 1.97 bits per heavy atom. The van der Waals surface area contributed by atoms with Gasteiger partial charge in [0.05, 0.1) is 35.9 Å². The standard InChI is InChI=1S/C25H37N9O2/c1-16-13-36-10-9-33(16)23-30-19(17-11-28-22(27)29-12-17)18-5-7-34(20(18)31-23)25(4)6-8-32(15-25)21(35)24(2,3)14-26/h11-12,16H,5-10,13-15,26H2,1-4H3,(H2,27,28,29)/t16-,25-/m0/s1. The predicted molar refractivity (Wildman–Crippen MR) is 139 cm³/mol. The van der Waals surface area contributed by atoms with E-state index in [-0.39, 0.29) is 23.4 Å². The molecular weight excluding hydrogens is 458 g/mol. The minimum atomic E-state index is -0.571. The summed E-state index contributed by atoms with van der Waals surface area (Å²) >= 11 is 0. The summed E-state index contributed by atoms with van der Waals surface area (Å²) in [5.74, 6) is 1.96. The molecule has 4 N–H and O–H groups in total. The molecule has 5 rings (SSSR count). The maximum Gasteiger partial charge on any atom is 0.229 e. The van der Waals surface area contributed by atoms with Crippen molar-refractivity contribution in [1.82, 2.24) is 24.8 Å². The van der Waals surface area contributed by atoms with Gasteiger partial charge in [0.2, 0.25) is 17.8 Å². The lowest BCUT2D eigenvalue weighted by atomic mass is 9.92. The van der Waals surface area contributed by atoms with Crippen LogP contribution in [0.1, 0.15) is 39.7 Å². The first-order chi connectivity index (χ1) is 17.1. The molecule has 11 nitrogen and oxygen atoms in total. The van der Waals surface area contributed by atoms with Crippen LogP contribution >= 0.6 is 0 Å². The quantitative estimate of drug-likeness (QED) is 0.619. The summed E-state index contributed by atoms with van der Waals surface area (Å²) in [5.41, 5.74) is 13.6. The van der Waals surface area contributed by atoms with Crippen molar-refractivity contribution in [3.8, 4) is 11.3 Å². The molecule has 5 heterocycles. The minimum Gasteiger partial charge on any atom is -0.377 e. The number of likely N-dealkylation sites (tertiary alicyclic amines) is 1. The average molecular weight is 496 g/mol. The van der Waals surface area contributed by atoms with Gasteiger partial charge in [-0.3, -0.25) is 4.79 Å². The minimum absolute atomic E-state index is 0.110. The van der Waals surface area contributed by atoms with Crippen molar-refractivity contribution < 1.29 is 9.53 Å². The van der Waals surface area contributed by atoms with Crippen molar-refractivity contribution in [2.24, 2.45) is 11.1 Å². The van der Waals surface area contributed by atoms with Gasteiger partial charge < -0.3 is 30.9 Å². The van der Waals surface area contributed by atoms with Gasteiger partial charge >= 0.3 is 0 Å². The van der Waals surface area contributed by atoms with Crippen molar-refractivity contribution in [1.29, 1.82) is 0 Å². The Morgan fingerprint density at radius 1 is 1.22 bits per heavy atom. The van der Waals surface area contributed by atoms with E-state index in [9.17, 15) is 4.79 Å². The molecular formula is C25H37N9O2. The second-order valence-corrected chi connectivity index (χ2v) is 11.1. The number of carbonyl (C=O) groups excluding carboxylic acids is 1. The molecule has 0 spiro atoms. The molecule has 194 valence electrons. The number of anilines is 3. The molecule has 2 saturated heterocycles. The van der Waals surface area contributed by atoms with Gasteiger partial charge in [0.25, 0.3) is 0 Å². The molecule has 0 radical (unpaired) electrons. The molecule has 2 fully saturated rings. The van der Waals surface area contributed by atoms with E-state index in [1.165, 1.54) is 0 Å². The normalized spacial score (nSPS) is 24.4. The summed E-state index contributed by atoms with van der Waals surface area (Å²) in [4.78, 5) is 38.3. The fourth-order valence-electron chi connectivity index (χ4n) is 5.48. The van der Waals surface area contributed by atoms with Crippen LogP contribution in [0, 0.1) is 5.41 Å². The Kier molecular flexibility index (Phi) is 6.24. The summed E-state index contributed by atoms with van der Waals surface area (Å²) < 4.78 is 5.66. The van der Waals surface area contributed by atoms with Crippen molar-refractivity contribution in [3.05, 3.63) is 18.0 Å². The van der Waals surface area contributed by atoms with Gasteiger partial charge in [0, 0.05) is 56.2 Å². The van der Waals surface area contributed by atoms with Crippen LogP contribution in [0.3, 0.4) is 0 Å². The molecule has 2 atom stereocenters. The Morgan fingerprint density at radius 3 is 2.67 bits per heavy atom. The van der Waals surface area contributed by atoms with E-state index in [1.54, 1.807) is 12.4 Å². The Labute approximate surface area is 212 Å². The maximum atomic E-state index is 13.2. The zero-order chi connectivity index (χ0) is 25.7. The molecule has 36 heavy (non-hydrogen) atoms. The number of nitrogens with zero attached hydrogens (tertiary/aromatic N) is 7. The first-order valence-electron chi connectivity index (χ1n) is 12.7. The highest BCUT2D eigenvalue weighted by atomic mass is 16.5. The van der Waals surface area contributed by atoms with Gasteiger partial charge in [0.15, 0.2) is 0 Å². The molecule has 0 bridgehead atoms. The highest BCUT2D eigenvalue weighted by Crippen LogP contribution is 2.42. The number of ether oxygens (including phenoxy) is 1. The third-order valence-corrected chi connectivity index (χ3v) is 7.86. The van der Waals surface area contributed by atoms with Crippen molar-refractivity contribution in [3.63, 3.8) is 0 Å². The van der Waals surface area contributed by atoms with Crippen LogP contribution < -0.4 is 21.3 Å². The summed E-state index contributed by atoms with van der Waals surface area (Å²) in [7, 11) is 0. The number of morpholine rings is 1. The van der Waals surface area contributed by atoms with Crippen molar-refractivity contribution in [2.75, 3.05) is 61.5 Å². The molecule has 0 unspecified atom stereocenters. The van der Waals surface area contributed by atoms with E-state index in [0.29, 0.717) is 38.8 Å². The predicted octanol–water partition coefficient (Wildman–Crippen LogP) is 1.08. The highest BCUT2D eigenvalue weighted by molar-refractivity contribution is 5.83. The number of hydrogen-bond donors (Lipinski definition) is 2. The Hall–Kier alpha value is -3.05. The smallest absolute Gasteiger partial charge is 0.229 e. The van der Waals surface area contributed by atoms with E-state index in [1.807, 2.05) is 18.7 Å². The fraction of sp³-hybridized carbons (Fsp3) is 0.640. The van der Waals surface area contributed by atoms with Gasteiger partial charge in [-0.2, -0.15) is 4.98 Å². The van der Waals surface area contributed by atoms with E-state index in [0.717, 1.165) is 48.6 Å². The summed E-state index contributed by atoms with van der Waals surface area (Å²) in [6.45, 7) is 12.7. The SMILES string of the molecule is C[C@H]1COCCN1c1nc(-c2cnc(N)nc2)c2c(n1)N([C@@]1(C)CCN(C(=O)C(C)(C)CN)C1)CC2. The number of carbonyl (C=O) groups is 1. The van der Waals surface area contributed by atoms with Crippen LogP contribution in [0.15, 0.2) is 12.4 Å². The number of aromatic nitrogens is 4. The lowest BCUT2D eigenvalue weighted by Gasteiger charge is -2.38. The van der Waals surface area contributed by atoms with E-state index in [4.69, 9.17) is 26.2 Å². The zero-order valence-electron chi connectivity index (χ0n) is 21.7. The first kappa shape index (κ1) is 24.6. The molecule has 2 aromatic heterocycles. The van der Waals surface area contributed by atoms with E-state index < -0.39 is 5.41 Å². The topological polar surface area (TPSA) is 140 Å². The fourth-order valence-corrected chi connectivity index (χ4v) is 5.48. The van der Waals surface area contributed by atoms with Gasteiger partial charge in [-0.15, -0.1) is 0 Å². The lowest BCUT2D eigenvalue weighted by Crippen LogP contribution is -2.51. The largest absolute Gasteiger partial charge is 0.377 e. The van der Waals surface area contributed by atoms with Crippen LogP contribution in [-0.4, -0.2) is 88.3 Å². The second kappa shape index (κ2) is 9.11. The number of nitrogens with two attached hydrogens (primary N) is 2. The highest BCUT2D eigenvalue weighted by Gasteiger charge is 2.46. The van der Waals surface area contributed by atoms with Crippen molar-refractivity contribution >= 4 is 23.6 Å². The summed E-state index contributed by atoms with van der Waals surface area (Å²) in [6.07, 6.45) is 5.14. The lowest BCUT2D eigenvalue weighted by molar-refractivity contribution is -0.138. The van der Waals surface area contributed by atoms with Crippen LogP contribution in [0.25, 0.3) is 11.3 Å². The van der Waals surface area contributed by atoms with Gasteiger partial charge in [-0.25, -0.2) is 15.0 Å². The van der Waals surface area contributed by atoms with Gasteiger partial charge in [-0.1, -0.05) is 0 Å². The molecule has 1 amide bonds. The summed E-state index contributed by atoms with van der Waals surface area (Å²) in [5, 5.41) is 0. The molecule has 0 aliphatic carbocycles. The van der Waals surface area contributed by atoms with E-state index >= 15 is 0 Å². The number of fused-ring (bicyclic) bond motifs is 1. The first-order valence-corrected chi connectivity index (χ1v) is 12.7. The van der Waals surface area contributed by atoms with Crippen molar-refractivity contribution in [2.45, 2.75) is 52.1 Å². The molecule has 0 saturated carbocycles. The number of rotatable bonds is 5. The monoisotopic (exact) mass is 495 g/mol. The van der Waals surface area contributed by atoms with Gasteiger partial charge in [0.1, 0.15) is 5.82 Å². The maximum absolute atomic E-state index is 13.2. The van der Waals surface area contributed by atoms with Crippen LogP contribution in [0.5, 0.6) is 0 Å². The zero-order valence-corrected chi connectivity index (χ0v) is 21.7. The van der Waals surface area contributed by atoms with Crippen LogP contribution in [-0.2, 0) is 16.0 Å². The summed E-state index contributed by atoms with van der Waals surface area (Å²) in [6, 6.07) is 0.163. The van der Waals surface area contributed by atoms with Gasteiger partial charge in [-0.05, 0) is 40.5 Å². The van der Waals surface area contributed by atoms with Crippen LogP contribution in [0.4, 0.5) is 17.7 Å². The molecule has 3 aliphatic heterocycles. The molecule has 3 aliphatic rings. The molecule has 0 aromatic carbocycles. The third kappa shape index (κ3) is 4.24. The number of amides is 1. The Bertz CT molecular complexity index is 1140. The van der Waals surface area contributed by atoms with E-state index in [2.05, 4.69) is 33.6 Å². The molecule has 11 heteroatoms. The number of hydrogen-bond acceptors (Lipinski definition) is 10. The number of nitrogen functional groups attached to an aromatic ring is 1. The second-order valence-electron chi connectivity index (χ2n) is 11.1. The Balaban J connectivity index is 1.53. The molecule has 2 aromatic rings.